The van der Waals surface area contributed by atoms with Gasteiger partial charge in [-0.3, -0.25) is 4.18 Å². The normalized spacial score (nSPS) is 20.4. The van der Waals surface area contributed by atoms with Crippen LogP contribution in [0.1, 0.15) is 30.0 Å². The molecule has 154 valence electrons. The number of hydrogen-bond donors (Lipinski definition) is 0. The van der Waals surface area contributed by atoms with Crippen LogP contribution >= 0.6 is 0 Å². The van der Waals surface area contributed by atoms with Crippen LogP contribution < -0.4 is 9.64 Å². The van der Waals surface area contributed by atoms with Crippen molar-refractivity contribution >= 4 is 15.8 Å². The molecule has 0 aliphatic carbocycles. The second kappa shape index (κ2) is 7.45. The zero-order valence-electron chi connectivity index (χ0n) is 16.7. The van der Waals surface area contributed by atoms with Gasteiger partial charge in [-0.05, 0) is 50.1 Å². The van der Waals surface area contributed by atoms with E-state index in [9.17, 15) is 8.42 Å². The van der Waals surface area contributed by atoms with Crippen molar-refractivity contribution in [3.8, 4) is 11.5 Å². The van der Waals surface area contributed by atoms with Gasteiger partial charge in [-0.1, -0.05) is 48.0 Å². The van der Waals surface area contributed by atoms with Gasteiger partial charge in [-0.2, -0.15) is 8.42 Å². The fourth-order valence-electron chi connectivity index (χ4n) is 4.34. The standard InChI is InChI=1S/C24H23NO4S/c1-17-12-14-18(15-13-17)30(26,27)29-23-11-6-16-25-20-8-3-5-10-22(20)28-21-9-4-2-7-19(21)24(23)25/h2-5,7-10,12-15,23-24H,6,11,16H2,1H3/t23-,24-/m0/s1. The number of nitrogens with zero attached hydrogens (tertiary/aromatic N) is 1. The number of rotatable bonds is 3. The highest BCUT2D eigenvalue weighted by Crippen LogP contribution is 2.48. The molecule has 30 heavy (non-hydrogen) atoms. The summed E-state index contributed by atoms with van der Waals surface area (Å²) in [6, 6.07) is 22.2. The maximum atomic E-state index is 13.1. The SMILES string of the molecule is Cc1ccc(S(=O)(=O)O[C@H]2CCCN3c4ccccc4Oc4ccccc4[C@@H]23)cc1. The molecule has 0 saturated carbocycles. The van der Waals surface area contributed by atoms with Gasteiger partial charge in [-0.25, -0.2) is 0 Å². The Morgan fingerprint density at radius 2 is 1.63 bits per heavy atom. The van der Waals surface area contributed by atoms with E-state index >= 15 is 0 Å². The second-order valence-corrected chi connectivity index (χ2v) is 9.36. The number of para-hydroxylation sites is 3. The van der Waals surface area contributed by atoms with Gasteiger partial charge >= 0.3 is 0 Å². The van der Waals surface area contributed by atoms with Gasteiger partial charge in [0.1, 0.15) is 11.9 Å². The fraction of sp³-hybridized carbons (Fsp3) is 0.250. The molecule has 0 radical (unpaired) electrons. The van der Waals surface area contributed by atoms with Crippen LogP contribution in [0.25, 0.3) is 0 Å². The summed E-state index contributed by atoms with van der Waals surface area (Å²) in [6.45, 7) is 2.74. The first kappa shape index (κ1) is 19.2. The molecule has 2 atom stereocenters. The van der Waals surface area contributed by atoms with Crippen LogP contribution in [-0.2, 0) is 14.3 Å². The summed E-state index contributed by atoms with van der Waals surface area (Å²) < 4.78 is 38.2. The molecule has 6 heteroatoms. The molecule has 0 N–H and O–H groups in total. The predicted molar refractivity (Wildman–Crippen MR) is 116 cm³/mol. The third-order valence-electron chi connectivity index (χ3n) is 5.77. The van der Waals surface area contributed by atoms with Gasteiger partial charge in [0.15, 0.2) is 5.75 Å². The highest BCUT2D eigenvalue weighted by atomic mass is 32.2. The number of aryl methyl sites for hydroxylation is 1. The summed E-state index contributed by atoms with van der Waals surface area (Å²) in [6.07, 6.45) is 0.977. The van der Waals surface area contributed by atoms with E-state index in [1.165, 1.54) is 0 Å². The Morgan fingerprint density at radius 3 is 2.43 bits per heavy atom. The lowest BCUT2D eigenvalue weighted by Gasteiger charge is -2.41. The molecule has 3 aromatic rings. The highest BCUT2D eigenvalue weighted by Gasteiger charge is 2.40. The van der Waals surface area contributed by atoms with Gasteiger partial charge in [0.05, 0.1) is 16.6 Å². The lowest BCUT2D eigenvalue weighted by Crippen LogP contribution is -2.43. The van der Waals surface area contributed by atoms with Crippen molar-refractivity contribution < 1.29 is 17.3 Å². The van der Waals surface area contributed by atoms with Gasteiger partial charge in [-0.15, -0.1) is 0 Å². The molecule has 0 amide bonds. The monoisotopic (exact) mass is 421 g/mol. The first-order valence-corrected chi connectivity index (χ1v) is 11.6. The third-order valence-corrected chi connectivity index (χ3v) is 7.12. The number of anilines is 1. The third kappa shape index (κ3) is 3.36. The van der Waals surface area contributed by atoms with Crippen molar-refractivity contribution in [3.05, 3.63) is 83.9 Å². The highest BCUT2D eigenvalue weighted by molar-refractivity contribution is 7.86. The van der Waals surface area contributed by atoms with Crippen molar-refractivity contribution in [1.82, 2.24) is 0 Å². The lowest BCUT2D eigenvalue weighted by molar-refractivity contribution is 0.144. The number of benzene rings is 3. The first-order valence-electron chi connectivity index (χ1n) is 10.2. The Labute approximate surface area is 177 Å². The molecule has 1 fully saturated rings. The molecular formula is C24H23NO4S. The maximum absolute atomic E-state index is 13.1. The van der Waals surface area contributed by atoms with Crippen molar-refractivity contribution in [2.24, 2.45) is 0 Å². The summed E-state index contributed by atoms with van der Waals surface area (Å²) in [5, 5.41) is 0. The average molecular weight is 422 g/mol. The van der Waals surface area contributed by atoms with Gasteiger partial charge < -0.3 is 9.64 Å². The largest absolute Gasteiger partial charge is 0.455 e. The van der Waals surface area contributed by atoms with Crippen LogP contribution in [-0.4, -0.2) is 21.1 Å². The smallest absolute Gasteiger partial charge is 0.297 e. The molecular weight excluding hydrogens is 398 g/mol. The van der Waals surface area contributed by atoms with Gasteiger partial charge in [0.25, 0.3) is 10.1 Å². The molecule has 0 unspecified atom stereocenters. The topological polar surface area (TPSA) is 55.8 Å². The van der Waals surface area contributed by atoms with Crippen LogP contribution in [0.5, 0.6) is 11.5 Å². The van der Waals surface area contributed by atoms with Crippen LogP contribution in [0.4, 0.5) is 5.69 Å². The Morgan fingerprint density at radius 1 is 0.933 bits per heavy atom. The molecule has 5 nitrogen and oxygen atoms in total. The molecule has 2 heterocycles. The summed E-state index contributed by atoms with van der Waals surface area (Å²) in [7, 11) is -3.89. The van der Waals surface area contributed by atoms with E-state index in [1.54, 1.807) is 24.3 Å². The minimum absolute atomic E-state index is 0.184. The summed E-state index contributed by atoms with van der Waals surface area (Å²) in [4.78, 5) is 2.41. The fourth-order valence-corrected chi connectivity index (χ4v) is 5.45. The van der Waals surface area contributed by atoms with Crippen LogP contribution in [0.15, 0.2) is 77.7 Å². The second-order valence-electron chi connectivity index (χ2n) is 7.79. The minimum atomic E-state index is -3.89. The predicted octanol–water partition coefficient (Wildman–Crippen LogP) is 5.22. The molecule has 1 saturated heterocycles. The molecule has 2 aliphatic heterocycles. The number of fused-ring (bicyclic) bond motifs is 5. The molecule has 0 aromatic heterocycles. The molecule has 5 rings (SSSR count). The van der Waals surface area contributed by atoms with Crippen LogP contribution in [0, 0.1) is 6.92 Å². The number of piperidine rings is 1. The summed E-state index contributed by atoms with van der Waals surface area (Å²) in [5.41, 5.74) is 2.90. The Hall–Kier alpha value is -2.83. The van der Waals surface area contributed by atoms with E-state index in [-0.39, 0.29) is 10.9 Å². The van der Waals surface area contributed by atoms with E-state index in [1.807, 2.05) is 55.5 Å². The molecule has 3 aromatic carbocycles. The van der Waals surface area contributed by atoms with Crippen molar-refractivity contribution in [2.45, 2.75) is 36.8 Å². The summed E-state index contributed by atoms with van der Waals surface area (Å²) >= 11 is 0. The molecule has 2 aliphatic rings. The van der Waals surface area contributed by atoms with E-state index in [4.69, 9.17) is 8.92 Å². The number of hydrogen-bond acceptors (Lipinski definition) is 5. The zero-order chi connectivity index (χ0) is 20.7. The van der Waals surface area contributed by atoms with Crippen molar-refractivity contribution in [3.63, 3.8) is 0 Å². The lowest BCUT2D eigenvalue weighted by atomic mass is 9.91. The minimum Gasteiger partial charge on any atom is -0.455 e. The molecule has 0 spiro atoms. The van der Waals surface area contributed by atoms with Crippen molar-refractivity contribution in [1.29, 1.82) is 0 Å². The molecule has 0 bridgehead atoms. The van der Waals surface area contributed by atoms with Crippen LogP contribution in [0.2, 0.25) is 0 Å². The summed E-state index contributed by atoms with van der Waals surface area (Å²) in [5.74, 6) is 1.51. The van der Waals surface area contributed by atoms with E-state index in [2.05, 4.69) is 4.90 Å². The van der Waals surface area contributed by atoms with Crippen LogP contribution in [0.3, 0.4) is 0 Å². The zero-order valence-corrected chi connectivity index (χ0v) is 17.5. The Balaban J connectivity index is 1.57. The maximum Gasteiger partial charge on any atom is 0.297 e. The van der Waals surface area contributed by atoms with E-state index < -0.39 is 16.2 Å². The van der Waals surface area contributed by atoms with Gasteiger partial charge in [0.2, 0.25) is 0 Å². The first-order chi connectivity index (χ1) is 14.5. The van der Waals surface area contributed by atoms with E-state index in [0.29, 0.717) is 6.42 Å². The van der Waals surface area contributed by atoms with Crippen molar-refractivity contribution in [2.75, 3.05) is 11.4 Å². The Kier molecular flexibility index (Phi) is 4.76. The number of ether oxygens (including phenoxy) is 1. The Bertz CT molecular complexity index is 1170. The van der Waals surface area contributed by atoms with E-state index in [0.717, 1.165) is 41.3 Å². The quantitative estimate of drug-likeness (QED) is 0.543. The average Bonchev–Trinajstić information content (AvgIpc) is 2.89. The van der Waals surface area contributed by atoms with Gasteiger partial charge in [0, 0.05) is 12.1 Å².